The summed E-state index contributed by atoms with van der Waals surface area (Å²) in [6.45, 7) is 5.52. The lowest BCUT2D eigenvalue weighted by Crippen LogP contribution is -2.26. The summed E-state index contributed by atoms with van der Waals surface area (Å²) in [6, 6.07) is 10.2. The fourth-order valence-corrected chi connectivity index (χ4v) is 2.20. The second kappa shape index (κ2) is 10.1. The molecule has 0 saturated heterocycles. The number of para-hydroxylation sites is 1. The van der Waals surface area contributed by atoms with Crippen LogP contribution in [0.1, 0.15) is 38.5 Å². The second-order valence-electron chi connectivity index (χ2n) is 4.96. The van der Waals surface area contributed by atoms with Crippen molar-refractivity contribution in [1.29, 1.82) is 0 Å². The molecule has 110 valence electrons. The van der Waals surface area contributed by atoms with Gasteiger partial charge in [-0.15, -0.1) is 6.58 Å². The van der Waals surface area contributed by atoms with Crippen LogP contribution in [0.5, 0.6) is 0 Å². The van der Waals surface area contributed by atoms with E-state index in [0.717, 1.165) is 25.9 Å². The number of nitrogens with zero attached hydrogens (tertiary/aromatic N) is 1. The first-order valence-corrected chi connectivity index (χ1v) is 7.36. The molecular formula is C17H25NO2. The van der Waals surface area contributed by atoms with Crippen LogP contribution in [0.15, 0.2) is 43.0 Å². The molecule has 0 heterocycles. The first kappa shape index (κ1) is 16.3. The molecule has 0 aliphatic carbocycles. The van der Waals surface area contributed by atoms with E-state index in [1.54, 1.807) is 0 Å². The number of carboxylic acids is 1. The van der Waals surface area contributed by atoms with Crippen molar-refractivity contribution in [2.24, 2.45) is 0 Å². The Balaban J connectivity index is 2.42. The van der Waals surface area contributed by atoms with Gasteiger partial charge in [-0.2, -0.15) is 0 Å². The topological polar surface area (TPSA) is 40.5 Å². The average Bonchev–Trinajstić information content (AvgIpc) is 2.46. The molecule has 0 bridgehead atoms. The van der Waals surface area contributed by atoms with Crippen molar-refractivity contribution in [2.45, 2.75) is 38.5 Å². The van der Waals surface area contributed by atoms with E-state index in [2.05, 4.69) is 23.6 Å². The summed E-state index contributed by atoms with van der Waals surface area (Å²) in [7, 11) is 0. The third kappa shape index (κ3) is 6.98. The molecule has 0 fully saturated rings. The van der Waals surface area contributed by atoms with Crippen LogP contribution in [-0.2, 0) is 4.79 Å². The van der Waals surface area contributed by atoms with Crippen LogP contribution in [0.3, 0.4) is 0 Å². The Labute approximate surface area is 121 Å². The summed E-state index contributed by atoms with van der Waals surface area (Å²) < 4.78 is 0. The van der Waals surface area contributed by atoms with Gasteiger partial charge in [0.15, 0.2) is 0 Å². The minimum atomic E-state index is -0.719. The van der Waals surface area contributed by atoms with Gasteiger partial charge in [-0.25, -0.2) is 0 Å². The van der Waals surface area contributed by atoms with Gasteiger partial charge >= 0.3 is 5.97 Å². The minimum absolute atomic E-state index is 0.236. The second-order valence-corrected chi connectivity index (χ2v) is 4.96. The molecule has 0 amide bonds. The molecule has 0 aliphatic heterocycles. The zero-order valence-corrected chi connectivity index (χ0v) is 12.1. The van der Waals surface area contributed by atoms with E-state index < -0.39 is 5.97 Å². The van der Waals surface area contributed by atoms with Crippen LogP contribution in [-0.4, -0.2) is 24.2 Å². The lowest BCUT2D eigenvalue weighted by molar-refractivity contribution is -0.137. The zero-order valence-electron chi connectivity index (χ0n) is 12.1. The monoisotopic (exact) mass is 275 g/mol. The van der Waals surface area contributed by atoms with Crippen LogP contribution >= 0.6 is 0 Å². The van der Waals surface area contributed by atoms with Gasteiger partial charge in [0, 0.05) is 25.2 Å². The van der Waals surface area contributed by atoms with Gasteiger partial charge in [-0.1, -0.05) is 30.7 Å². The lowest BCUT2D eigenvalue weighted by Gasteiger charge is -2.24. The largest absolute Gasteiger partial charge is 0.481 e. The summed E-state index contributed by atoms with van der Waals surface area (Å²) in [4.78, 5) is 12.9. The number of hydrogen-bond donors (Lipinski definition) is 1. The molecule has 0 radical (unpaired) electrons. The first-order valence-electron chi connectivity index (χ1n) is 7.36. The predicted octanol–water partition coefficient (Wildman–Crippen LogP) is 4.10. The summed E-state index contributed by atoms with van der Waals surface area (Å²) >= 11 is 0. The van der Waals surface area contributed by atoms with Gasteiger partial charge in [0.25, 0.3) is 0 Å². The molecule has 1 aromatic rings. The fourth-order valence-electron chi connectivity index (χ4n) is 2.20. The fraction of sp³-hybridized carbons (Fsp3) is 0.471. The van der Waals surface area contributed by atoms with Crippen LogP contribution < -0.4 is 4.90 Å². The summed E-state index contributed by atoms with van der Waals surface area (Å²) in [6.07, 6.45) is 7.47. The molecule has 3 nitrogen and oxygen atoms in total. The van der Waals surface area contributed by atoms with Gasteiger partial charge in [0.1, 0.15) is 0 Å². The van der Waals surface area contributed by atoms with Crippen LogP contribution in [0.2, 0.25) is 0 Å². The Morgan fingerprint density at radius 2 is 1.80 bits per heavy atom. The van der Waals surface area contributed by atoms with E-state index in [4.69, 9.17) is 5.11 Å². The number of hydrogen-bond acceptors (Lipinski definition) is 2. The Morgan fingerprint density at radius 1 is 1.10 bits per heavy atom. The van der Waals surface area contributed by atoms with Crippen molar-refractivity contribution in [3.05, 3.63) is 43.0 Å². The number of allylic oxidation sites excluding steroid dienone is 1. The highest BCUT2D eigenvalue weighted by Gasteiger charge is 2.06. The highest BCUT2D eigenvalue weighted by Crippen LogP contribution is 2.15. The highest BCUT2D eigenvalue weighted by molar-refractivity contribution is 5.66. The highest BCUT2D eigenvalue weighted by atomic mass is 16.4. The van der Waals surface area contributed by atoms with Gasteiger partial charge in [-0.3, -0.25) is 4.79 Å². The van der Waals surface area contributed by atoms with Gasteiger partial charge in [-0.05, 0) is 37.8 Å². The standard InChI is InChI=1S/C17H25NO2/c1-2-3-4-5-9-14-18(15-10-13-17(19)20)16-11-7-6-8-12-16/h2,6-8,11-12H,1,3-5,9-10,13-15H2,(H,19,20). The summed E-state index contributed by atoms with van der Waals surface area (Å²) in [5.74, 6) is -0.719. The Morgan fingerprint density at radius 3 is 2.45 bits per heavy atom. The van der Waals surface area contributed by atoms with E-state index >= 15 is 0 Å². The van der Waals surface area contributed by atoms with Crippen molar-refractivity contribution in [3.8, 4) is 0 Å². The SMILES string of the molecule is C=CCCCCCN(CCCC(=O)O)c1ccccc1. The van der Waals surface area contributed by atoms with E-state index in [1.807, 2.05) is 24.3 Å². The number of aliphatic carboxylic acids is 1. The van der Waals surface area contributed by atoms with Crippen molar-refractivity contribution in [2.75, 3.05) is 18.0 Å². The number of carbonyl (C=O) groups is 1. The zero-order chi connectivity index (χ0) is 14.6. The predicted molar refractivity (Wildman–Crippen MR) is 84.2 cm³/mol. The van der Waals surface area contributed by atoms with E-state index in [1.165, 1.54) is 18.5 Å². The van der Waals surface area contributed by atoms with Gasteiger partial charge in [0.05, 0.1) is 0 Å². The summed E-state index contributed by atoms with van der Waals surface area (Å²) in [5.41, 5.74) is 1.18. The number of anilines is 1. The van der Waals surface area contributed by atoms with Crippen LogP contribution in [0.25, 0.3) is 0 Å². The average molecular weight is 275 g/mol. The Hall–Kier alpha value is -1.77. The van der Waals surface area contributed by atoms with Crippen molar-refractivity contribution in [3.63, 3.8) is 0 Å². The smallest absolute Gasteiger partial charge is 0.303 e. The van der Waals surface area contributed by atoms with E-state index in [-0.39, 0.29) is 6.42 Å². The first-order chi connectivity index (χ1) is 9.74. The van der Waals surface area contributed by atoms with Gasteiger partial charge in [0.2, 0.25) is 0 Å². The van der Waals surface area contributed by atoms with Crippen LogP contribution in [0.4, 0.5) is 5.69 Å². The molecule has 1 rings (SSSR count). The molecule has 1 N–H and O–H groups in total. The third-order valence-corrected chi connectivity index (χ3v) is 3.28. The third-order valence-electron chi connectivity index (χ3n) is 3.28. The molecule has 1 aromatic carbocycles. The van der Waals surface area contributed by atoms with E-state index in [0.29, 0.717) is 6.42 Å². The number of rotatable bonds is 11. The van der Waals surface area contributed by atoms with Crippen molar-refractivity contribution >= 4 is 11.7 Å². The van der Waals surface area contributed by atoms with Gasteiger partial charge < -0.3 is 10.0 Å². The maximum Gasteiger partial charge on any atom is 0.303 e. The number of benzene rings is 1. The number of carboxylic acid groups (broad SMARTS) is 1. The van der Waals surface area contributed by atoms with Crippen molar-refractivity contribution < 1.29 is 9.90 Å². The molecule has 0 unspecified atom stereocenters. The van der Waals surface area contributed by atoms with Crippen LogP contribution in [0, 0.1) is 0 Å². The summed E-state index contributed by atoms with van der Waals surface area (Å²) in [5, 5.41) is 8.74. The lowest BCUT2D eigenvalue weighted by atomic mass is 10.1. The quantitative estimate of drug-likeness (QED) is 0.488. The number of unbranched alkanes of at least 4 members (excludes halogenated alkanes) is 3. The molecule has 0 spiro atoms. The molecule has 0 aromatic heterocycles. The normalized spacial score (nSPS) is 10.2. The maximum atomic E-state index is 10.6. The molecular weight excluding hydrogens is 250 g/mol. The molecule has 20 heavy (non-hydrogen) atoms. The maximum absolute atomic E-state index is 10.6. The molecule has 0 aliphatic rings. The minimum Gasteiger partial charge on any atom is -0.481 e. The molecule has 0 saturated carbocycles. The van der Waals surface area contributed by atoms with E-state index in [9.17, 15) is 4.79 Å². The van der Waals surface area contributed by atoms with Crippen molar-refractivity contribution in [1.82, 2.24) is 0 Å². The Kier molecular flexibility index (Phi) is 8.20. The Bertz CT molecular complexity index is 389. The molecule has 0 atom stereocenters. The molecule has 3 heteroatoms.